The fourth-order valence-electron chi connectivity index (χ4n) is 1.15. The number of halogens is 2. The molecule has 0 radical (unpaired) electrons. The molecule has 82 valence electrons. The molecule has 16 heavy (non-hydrogen) atoms. The first-order valence-electron chi connectivity index (χ1n) is 4.60. The zero-order chi connectivity index (χ0) is 11.4. The van der Waals surface area contributed by atoms with E-state index in [1.165, 1.54) is 6.33 Å². The van der Waals surface area contributed by atoms with Crippen molar-refractivity contribution in [3.05, 3.63) is 52.8 Å². The van der Waals surface area contributed by atoms with Crippen LogP contribution in [0, 0.1) is 5.82 Å². The fourth-order valence-corrected chi connectivity index (χ4v) is 1.47. The van der Waals surface area contributed by atoms with Crippen molar-refractivity contribution < 1.29 is 9.13 Å². The summed E-state index contributed by atoms with van der Waals surface area (Å²) in [5.74, 6) is 0.190. The number of aromatic nitrogens is 2. The lowest BCUT2D eigenvalue weighted by Crippen LogP contribution is -2.03. The van der Waals surface area contributed by atoms with E-state index in [1.807, 2.05) is 18.2 Å². The van der Waals surface area contributed by atoms with Gasteiger partial charge in [0.2, 0.25) is 0 Å². The first-order valence-corrected chi connectivity index (χ1v) is 5.39. The van der Waals surface area contributed by atoms with Gasteiger partial charge in [-0.05, 0) is 28.1 Å². The summed E-state index contributed by atoms with van der Waals surface area (Å²) in [6.45, 7) is 0.0803. The molecule has 0 spiro atoms. The summed E-state index contributed by atoms with van der Waals surface area (Å²) >= 11 is 2.99. The normalized spacial score (nSPS) is 10.1. The van der Waals surface area contributed by atoms with Crippen LogP contribution in [0.3, 0.4) is 0 Å². The van der Waals surface area contributed by atoms with Crippen LogP contribution >= 0.6 is 15.9 Å². The predicted octanol–water partition coefficient (Wildman–Crippen LogP) is 2.96. The van der Waals surface area contributed by atoms with E-state index in [-0.39, 0.29) is 16.9 Å². The molecule has 0 N–H and O–H groups in total. The van der Waals surface area contributed by atoms with Crippen LogP contribution in [0.15, 0.2) is 41.3 Å². The second-order valence-corrected chi connectivity index (χ2v) is 3.78. The van der Waals surface area contributed by atoms with Gasteiger partial charge in [0.05, 0.1) is 0 Å². The Balaban J connectivity index is 2.08. The standard InChI is InChI=1S/C11H8BrFN2O/c12-11-10(13)9(14-7-15-11)6-16-8-4-2-1-3-5-8/h1-5,7H,6H2. The van der Waals surface area contributed by atoms with Crippen molar-refractivity contribution in [2.75, 3.05) is 0 Å². The molecule has 2 aromatic rings. The molecule has 0 unspecified atom stereocenters. The van der Waals surface area contributed by atoms with Gasteiger partial charge in [-0.25, -0.2) is 14.4 Å². The highest BCUT2D eigenvalue weighted by molar-refractivity contribution is 9.10. The number of benzene rings is 1. The number of rotatable bonds is 3. The highest BCUT2D eigenvalue weighted by atomic mass is 79.9. The van der Waals surface area contributed by atoms with E-state index in [4.69, 9.17) is 4.74 Å². The Morgan fingerprint density at radius 3 is 2.69 bits per heavy atom. The molecule has 0 saturated heterocycles. The van der Waals surface area contributed by atoms with E-state index in [9.17, 15) is 4.39 Å². The molecule has 0 atom stereocenters. The third kappa shape index (κ3) is 2.55. The van der Waals surface area contributed by atoms with Crippen LogP contribution in [0.2, 0.25) is 0 Å². The summed E-state index contributed by atoms with van der Waals surface area (Å²) < 4.78 is 19.0. The second kappa shape index (κ2) is 5.03. The summed E-state index contributed by atoms with van der Waals surface area (Å²) in [4.78, 5) is 7.48. The van der Waals surface area contributed by atoms with Gasteiger partial charge in [-0.3, -0.25) is 0 Å². The van der Waals surface area contributed by atoms with Crippen LogP contribution in [0.25, 0.3) is 0 Å². The summed E-state index contributed by atoms with van der Waals surface area (Å²) in [7, 11) is 0. The maximum absolute atomic E-state index is 13.5. The Morgan fingerprint density at radius 2 is 1.94 bits per heavy atom. The van der Waals surface area contributed by atoms with E-state index >= 15 is 0 Å². The molecule has 1 aromatic carbocycles. The fraction of sp³-hybridized carbons (Fsp3) is 0.0909. The molecule has 0 bridgehead atoms. The summed E-state index contributed by atoms with van der Waals surface area (Å²) in [5, 5.41) is 0. The predicted molar refractivity (Wildman–Crippen MR) is 60.5 cm³/mol. The van der Waals surface area contributed by atoms with Gasteiger partial charge in [-0.1, -0.05) is 18.2 Å². The van der Waals surface area contributed by atoms with Gasteiger partial charge in [-0.2, -0.15) is 0 Å². The molecule has 1 aromatic heterocycles. The first-order chi connectivity index (χ1) is 7.77. The van der Waals surface area contributed by atoms with Crippen LogP contribution in [-0.2, 0) is 6.61 Å². The maximum Gasteiger partial charge on any atom is 0.180 e. The van der Waals surface area contributed by atoms with Crippen molar-refractivity contribution >= 4 is 15.9 Å². The zero-order valence-corrected chi connectivity index (χ0v) is 9.82. The van der Waals surface area contributed by atoms with Crippen molar-refractivity contribution in [1.29, 1.82) is 0 Å². The number of para-hydroxylation sites is 1. The smallest absolute Gasteiger partial charge is 0.180 e. The van der Waals surface area contributed by atoms with Crippen molar-refractivity contribution in [3.8, 4) is 5.75 Å². The quantitative estimate of drug-likeness (QED) is 0.812. The van der Waals surface area contributed by atoms with Gasteiger partial charge in [-0.15, -0.1) is 0 Å². The van der Waals surface area contributed by atoms with Crippen molar-refractivity contribution in [3.63, 3.8) is 0 Å². The highest BCUT2D eigenvalue weighted by Gasteiger charge is 2.08. The van der Waals surface area contributed by atoms with Crippen LogP contribution < -0.4 is 4.74 Å². The second-order valence-electron chi connectivity index (χ2n) is 3.03. The lowest BCUT2D eigenvalue weighted by Gasteiger charge is -2.06. The first kappa shape index (κ1) is 11.0. The molecule has 0 aliphatic carbocycles. The van der Waals surface area contributed by atoms with E-state index in [0.29, 0.717) is 5.75 Å². The molecule has 2 rings (SSSR count). The molecule has 0 aliphatic heterocycles. The lowest BCUT2D eigenvalue weighted by molar-refractivity contribution is 0.293. The SMILES string of the molecule is Fc1c(Br)ncnc1COc1ccccc1. The average Bonchev–Trinajstić information content (AvgIpc) is 2.32. The average molecular weight is 283 g/mol. The molecule has 1 heterocycles. The van der Waals surface area contributed by atoms with Crippen molar-refractivity contribution in [2.45, 2.75) is 6.61 Å². The van der Waals surface area contributed by atoms with Crippen LogP contribution in [-0.4, -0.2) is 9.97 Å². The number of hydrogen-bond acceptors (Lipinski definition) is 3. The van der Waals surface area contributed by atoms with Gasteiger partial charge in [0.25, 0.3) is 0 Å². The van der Waals surface area contributed by atoms with Gasteiger partial charge in [0.15, 0.2) is 5.82 Å². The molecular formula is C11H8BrFN2O. The third-order valence-electron chi connectivity index (χ3n) is 1.94. The molecule has 5 heteroatoms. The third-order valence-corrected chi connectivity index (χ3v) is 2.49. The summed E-state index contributed by atoms with van der Waals surface area (Å²) in [5.41, 5.74) is 0.228. The van der Waals surface area contributed by atoms with Gasteiger partial charge in [0.1, 0.15) is 29.0 Å². The lowest BCUT2D eigenvalue weighted by atomic mass is 10.3. The minimum atomic E-state index is -0.488. The van der Waals surface area contributed by atoms with Crippen LogP contribution in [0.4, 0.5) is 4.39 Å². The van der Waals surface area contributed by atoms with Crippen molar-refractivity contribution in [1.82, 2.24) is 9.97 Å². The molecular weight excluding hydrogens is 275 g/mol. The summed E-state index contributed by atoms with van der Waals surface area (Å²) in [6.07, 6.45) is 1.29. The number of ether oxygens (including phenoxy) is 1. The van der Waals surface area contributed by atoms with Crippen LogP contribution in [0.5, 0.6) is 5.75 Å². The Morgan fingerprint density at radius 1 is 1.19 bits per heavy atom. The van der Waals surface area contributed by atoms with E-state index in [1.54, 1.807) is 12.1 Å². The Kier molecular flexibility index (Phi) is 3.46. The minimum absolute atomic E-state index is 0.0803. The molecule has 3 nitrogen and oxygen atoms in total. The van der Waals surface area contributed by atoms with Gasteiger partial charge in [0, 0.05) is 0 Å². The maximum atomic E-state index is 13.5. The van der Waals surface area contributed by atoms with E-state index in [2.05, 4.69) is 25.9 Å². The number of hydrogen-bond donors (Lipinski definition) is 0. The summed E-state index contributed by atoms with van der Waals surface area (Å²) in [6, 6.07) is 9.18. The highest BCUT2D eigenvalue weighted by Crippen LogP contribution is 2.16. The van der Waals surface area contributed by atoms with E-state index in [0.717, 1.165) is 0 Å². The monoisotopic (exact) mass is 282 g/mol. The molecule has 0 fully saturated rings. The minimum Gasteiger partial charge on any atom is -0.487 e. The van der Waals surface area contributed by atoms with Gasteiger partial charge >= 0.3 is 0 Å². The molecule has 0 aliphatic rings. The topological polar surface area (TPSA) is 35.0 Å². The van der Waals surface area contributed by atoms with Crippen molar-refractivity contribution in [2.24, 2.45) is 0 Å². The van der Waals surface area contributed by atoms with Crippen LogP contribution in [0.1, 0.15) is 5.69 Å². The number of nitrogens with zero attached hydrogens (tertiary/aromatic N) is 2. The Labute approximate surface area is 100 Å². The zero-order valence-electron chi connectivity index (χ0n) is 8.23. The molecule has 0 saturated carbocycles. The van der Waals surface area contributed by atoms with Gasteiger partial charge < -0.3 is 4.74 Å². The van der Waals surface area contributed by atoms with E-state index < -0.39 is 5.82 Å². The Hall–Kier alpha value is -1.49. The Bertz CT molecular complexity index is 479. The largest absolute Gasteiger partial charge is 0.487 e. The molecule has 0 amide bonds.